The monoisotopic (exact) mass is 452 g/mol. The van der Waals surface area contributed by atoms with Crippen LogP contribution >= 0.6 is 22.7 Å². The summed E-state index contributed by atoms with van der Waals surface area (Å²) in [5.74, 6) is 5.81. The second kappa shape index (κ2) is 7.56. The van der Waals surface area contributed by atoms with Gasteiger partial charge in [0, 0.05) is 31.3 Å². The first kappa shape index (κ1) is 19.2. The van der Waals surface area contributed by atoms with Crippen LogP contribution in [0.5, 0.6) is 0 Å². The molecule has 6 rings (SSSR count). The van der Waals surface area contributed by atoms with Crippen molar-refractivity contribution in [3.63, 3.8) is 0 Å². The first-order chi connectivity index (χ1) is 15.6. The van der Waals surface area contributed by atoms with Crippen molar-refractivity contribution in [3.8, 4) is 23.0 Å². The van der Waals surface area contributed by atoms with E-state index in [0.29, 0.717) is 0 Å². The van der Waals surface area contributed by atoms with Gasteiger partial charge >= 0.3 is 0 Å². The number of rotatable bonds is 1. The van der Waals surface area contributed by atoms with Crippen LogP contribution in [-0.2, 0) is 0 Å². The van der Waals surface area contributed by atoms with Crippen molar-refractivity contribution in [1.82, 2.24) is 0 Å². The minimum Gasteiger partial charge on any atom is -0.207 e. The molecule has 152 valence electrons. The van der Waals surface area contributed by atoms with Gasteiger partial charge in [-0.25, -0.2) is 8.78 Å². The third-order valence-electron chi connectivity index (χ3n) is 5.46. The third kappa shape index (κ3) is 3.36. The van der Waals surface area contributed by atoms with E-state index in [1.807, 2.05) is 18.2 Å². The molecule has 6 aromatic rings. The summed E-state index contributed by atoms with van der Waals surface area (Å²) in [6.07, 6.45) is 0. The summed E-state index contributed by atoms with van der Waals surface area (Å²) in [7, 11) is 0. The highest BCUT2D eigenvalue weighted by atomic mass is 32.1. The van der Waals surface area contributed by atoms with Gasteiger partial charge in [0.2, 0.25) is 0 Å². The zero-order valence-corrected chi connectivity index (χ0v) is 18.3. The molecule has 32 heavy (non-hydrogen) atoms. The smallest absolute Gasteiger partial charge is 0.123 e. The molecular formula is C28H14F2S2. The van der Waals surface area contributed by atoms with Gasteiger partial charge in [-0.15, -0.1) is 22.7 Å². The summed E-state index contributed by atoms with van der Waals surface area (Å²) in [5.41, 5.74) is 3.84. The van der Waals surface area contributed by atoms with Crippen molar-refractivity contribution < 1.29 is 8.78 Å². The first-order valence-corrected chi connectivity index (χ1v) is 11.7. The van der Waals surface area contributed by atoms with Gasteiger partial charge < -0.3 is 0 Å². The van der Waals surface area contributed by atoms with Gasteiger partial charge in [0.1, 0.15) is 11.6 Å². The molecule has 0 atom stereocenters. The van der Waals surface area contributed by atoms with Gasteiger partial charge in [-0.1, -0.05) is 42.2 Å². The Hall–Kier alpha value is -3.52. The van der Waals surface area contributed by atoms with Gasteiger partial charge in [-0.2, -0.15) is 0 Å². The molecule has 0 N–H and O–H groups in total. The fraction of sp³-hybridized carbons (Fsp3) is 0. The maximum Gasteiger partial charge on any atom is 0.123 e. The molecule has 0 spiro atoms. The van der Waals surface area contributed by atoms with E-state index in [2.05, 4.69) is 42.2 Å². The van der Waals surface area contributed by atoms with Crippen LogP contribution in [0.15, 0.2) is 84.9 Å². The van der Waals surface area contributed by atoms with Crippen molar-refractivity contribution in [2.75, 3.05) is 0 Å². The zero-order chi connectivity index (χ0) is 21.7. The molecule has 0 nitrogen and oxygen atoms in total. The number of hydrogen-bond acceptors (Lipinski definition) is 2. The average molecular weight is 453 g/mol. The van der Waals surface area contributed by atoms with Crippen LogP contribution in [0.3, 0.4) is 0 Å². The van der Waals surface area contributed by atoms with Crippen LogP contribution < -0.4 is 0 Å². The highest BCUT2D eigenvalue weighted by Crippen LogP contribution is 2.45. The molecule has 0 aliphatic rings. The second-order valence-electron chi connectivity index (χ2n) is 7.55. The van der Waals surface area contributed by atoms with Gasteiger partial charge in [0.25, 0.3) is 0 Å². The summed E-state index contributed by atoms with van der Waals surface area (Å²) >= 11 is 3.57. The molecule has 2 aromatic heterocycles. The Morgan fingerprint density at radius 1 is 0.500 bits per heavy atom. The average Bonchev–Trinajstić information content (AvgIpc) is 3.34. The highest BCUT2D eigenvalue weighted by Gasteiger charge is 2.13. The standard InChI is InChI=1S/C28H14F2S2/c29-21-9-3-17(4-10-21)1-2-18-5-13-23-25(15-18)31-28-24-14-8-20(16-26(24)32-27(23)28)19-6-11-22(30)12-7-19/h3-16H. The zero-order valence-electron chi connectivity index (χ0n) is 16.7. The summed E-state index contributed by atoms with van der Waals surface area (Å²) in [6.45, 7) is 0. The Morgan fingerprint density at radius 2 is 1.00 bits per heavy atom. The van der Waals surface area contributed by atoms with Crippen LogP contribution in [0, 0.1) is 23.5 Å². The summed E-state index contributed by atoms with van der Waals surface area (Å²) in [6, 6.07) is 25.6. The Kier molecular flexibility index (Phi) is 4.53. The van der Waals surface area contributed by atoms with Gasteiger partial charge in [0.15, 0.2) is 0 Å². The van der Waals surface area contributed by atoms with E-state index in [1.165, 1.54) is 53.8 Å². The molecule has 0 aliphatic carbocycles. The quantitative estimate of drug-likeness (QED) is 0.219. The van der Waals surface area contributed by atoms with Crippen molar-refractivity contribution in [2.24, 2.45) is 0 Å². The fourth-order valence-corrected chi connectivity index (χ4v) is 6.57. The number of halogens is 2. The van der Waals surface area contributed by atoms with Gasteiger partial charge in [0.05, 0.1) is 9.40 Å². The molecule has 0 unspecified atom stereocenters. The fourth-order valence-electron chi connectivity index (χ4n) is 3.83. The van der Waals surface area contributed by atoms with E-state index in [0.717, 1.165) is 22.3 Å². The van der Waals surface area contributed by atoms with Crippen LogP contribution in [0.2, 0.25) is 0 Å². The van der Waals surface area contributed by atoms with Gasteiger partial charge in [-0.05, 0) is 65.7 Å². The first-order valence-electron chi connectivity index (χ1n) is 10.1. The Morgan fingerprint density at radius 3 is 1.69 bits per heavy atom. The highest BCUT2D eigenvalue weighted by molar-refractivity contribution is 7.36. The Bertz CT molecular complexity index is 1680. The molecule has 0 saturated heterocycles. The van der Waals surface area contributed by atoms with E-state index in [-0.39, 0.29) is 11.6 Å². The minimum atomic E-state index is -0.257. The largest absolute Gasteiger partial charge is 0.207 e. The molecule has 0 amide bonds. The lowest BCUT2D eigenvalue weighted by molar-refractivity contribution is 0.627. The normalized spacial score (nSPS) is 11.2. The van der Waals surface area contributed by atoms with Gasteiger partial charge in [-0.3, -0.25) is 0 Å². The molecule has 2 heterocycles. The number of fused-ring (bicyclic) bond motifs is 5. The SMILES string of the molecule is Fc1ccc(C#Cc2ccc3c(c2)sc2c4ccc(-c5ccc(F)cc5)cc4sc32)cc1. The van der Waals surface area contributed by atoms with Crippen molar-refractivity contribution in [1.29, 1.82) is 0 Å². The number of hydrogen-bond donors (Lipinski definition) is 0. The minimum absolute atomic E-state index is 0.223. The lowest BCUT2D eigenvalue weighted by Gasteiger charge is -2.01. The van der Waals surface area contributed by atoms with Crippen LogP contribution in [-0.4, -0.2) is 0 Å². The molecule has 4 heteroatoms. The van der Waals surface area contributed by atoms with Crippen molar-refractivity contribution >= 4 is 52.2 Å². The van der Waals surface area contributed by atoms with Crippen molar-refractivity contribution in [2.45, 2.75) is 0 Å². The molecule has 0 radical (unpaired) electrons. The molecular weight excluding hydrogens is 438 g/mol. The summed E-state index contributed by atoms with van der Waals surface area (Å²) < 4.78 is 31.3. The topological polar surface area (TPSA) is 0 Å². The van der Waals surface area contributed by atoms with Crippen LogP contribution in [0.4, 0.5) is 8.78 Å². The van der Waals surface area contributed by atoms with E-state index in [4.69, 9.17) is 0 Å². The van der Waals surface area contributed by atoms with Crippen LogP contribution in [0.25, 0.3) is 40.7 Å². The lowest BCUT2D eigenvalue weighted by Crippen LogP contribution is -1.78. The third-order valence-corrected chi connectivity index (χ3v) is 7.96. The molecule has 4 aromatic carbocycles. The van der Waals surface area contributed by atoms with E-state index in [1.54, 1.807) is 34.8 Å². The predicted octanol–water partition coefficient (Wildman–Crippen LogP) is 8.61. The Labute approximate surface area is 191 Å². The van der Waals surface area contributed by atoms with E-state index >= 15 is 0 Å². The van der Waals surface area contributed by atoms with Crippen LogP contribution in [0.1, 0.15) is 11.1 Å². The van der Waals surface area contributed by atoms with Crippen molar-refractivity contribution in [3.05, 3.63) is 108 Å². The number of benzene rings is 4. The maximum absolute atomic E-state index is 13.3. The summed E-state index contributed by atoms with van der Waals surface area (Å²) in [5, 5.41) is 2.48. The Balaban J connectivity index is 1.41. The lowest BCUT2D eigenvalue weighted by atomic mass is 10.0. The maximum atomic E-state index is 13.3. The predicted molar refractivity (Wildman–Crippen MR) is 132 cm³/mol. The molecule has 0 saturated carbocycles. The summed E-state index contributed by atoms with van der Waals surface area (Å²) in [4.78, 5) is 0. The van der Waals surface area contributed by atoms with E-state index in [9.17, 15) is 8.78 Å². The second-order valence-corrected chi connectivity index (χ2v) is 9.65. The number of thiophene rings is 2. The molecule has 0 aliphatic heterocycles. The molecule has 0 fully saturated rings. The molecule has 0 bridgehead atoms. The van der Waals surface area contributed by atoms with E-state index < -0.39 is 0 Å².